The van der Waals surface area contributed by atoms with Crippen LogP contribution in [0, 0.1) is 5.92 Å². The summed E-state index contributed by atoms with van der Waals surface area (Å²) in [5.74, 6) is -2.16. The molecule has 1 saturated heterocycles. The molecular formula is C25H28O10. The first kappa shape index (κ1) is 26.0. The van der Waals surface area contributed by atoms with E-state index in [0.29, 0.717) is 11.1 Å². The average molecular weight is 488 g/mol. The normalized spacial score (nSPS) is 24.9. The number of hydrogen-bond acceptors (Lipinski definition) is 9. The highest BCUT2D eigenvalue weighted by molar-refractivity contribution is 5.75. The minimum Gasteiger partial charge on any atom is -0.507 e. The lowest BCUT2D eigenvalue weighted by molar-refractivity contribution is -0.271. The Kier molecular flexibility index (Phi) is 8.03. The zero-order valence-electron chi connectivity index (χ0n) is 19.0. The first-order chi connectivity index (χ1) is 16.5. The van der Waals surface area contributed by atoms with Gasteiger partial charge in [-0.3, -0.25) is 0 Å². The molecule has 7 N–H and O–H groups in total. The van der Waals surface area contributed by atoms with Crippen LogP contribution in [0.2, 0.25) is 0 Å². The molecule has 3 rings (SSSR count). The van der Waals surface area contributed by atoms with E-state index in [1.54, 1.807) is 30.4 Å². The van der Waals surface area contributed by atoms with E-state index in [0.717, 1.165) is 0 Å². The van der Waals surface area contributed by atoms with E-state index < -0.39 is 36.7 Å². The fourth-order valence-corrected chi connectivity index (χ4v) is 3.39. The van der Waals surface area contributed by atoms with Crippen LogP contribution in [0.3, 0.4) is 0 Å². The largest absolute Gasteiger partial charge is 0.507 e. The van der Waals surface area contributed by atoms with Gasteiger partial charge in [0.1, 0.15) is 29.8 Å². The highest BCUT2D eigenvalue weighted by Gasteiger charge is 2.48. The van der Waals surface area contributed by atoms with Gasteiger partial charge in [-0.2, -0.15) is 0 Å². The molecule has 0 aliphatic carbocycles. The second kappa shape index (κ2) is 10.8. The van der Waals surface area contributed by atoms with Crippen LogP contribution >= 0.6 is 0 Å². The van der Waals surface area contributed by atoms with Crippen molar-refractivity contribution in [2.45, 2.75) is 44.6 Å². The van der Waals surface area contributed by atoms with Crippen molar-refractivity contribution in [3.63, 3.8) is 0 Å². The third kappa shape index (κ3) is 6.11. The summed E-state index contributed by atoms with van der Waals surface area (Å²) >= 11 is 0. The zero-order valence-corrected chi connectivity index (χ0v) is 19.0. The molecule has 0 saturated carbocycles. The highest BCUT2D eigenvalue weighted by Crippen LogP contribution is 2.35. The van der Waals surface area contributed by atoms with Gasteiger partial charge in [0.05, 0.1) is 5.56 Å². The summed E-state index contributed by atoms with van der Waals surface area (Å²) in [5, 5.41) is 69.4. The van der Waals surface area contributed by atoms with Crippen molar-refractivity contribution >= 4 is 24.2 Å². The number of allylic oxidation sites excluding steroid dienone is 1. The number of carboxylic acid groups (broad SMARTS) is 1. The van der Waals surface area contributed by atoms with Gasteiger partial charge >= 0.3 is 5.97 Å². The minimum absolute atomic E-state index is 0.0203. The van der Waals surface area contributed by atoms with Crippen molar-refractivity contribution in [1.29, 1.82) is 0 Å². The number of aliphatic hydroxyl groups is 3. The number of phenolic OH excluding ortho intramolecular Hbond substituents is 3. The summed E-state index contributed by atoms with van der Waals surface area (Å²) in [4.78, 5) is 11.4. The number of benzene rings is 2. The van der Waals surface area contributed by atoms with Gasteiger partial charge in [-0.05, 0) is 41.3 Å². The first-order valence-corrected chi connectivity index (χ1v) is 10.8. The number of carboxylic acids is 1. The molecule has 0 amide bonds. The molecule has 0 aromatic heterocycles. The van der Waals surface area contributed by atoms with Gasteiger partial charge in [0.15, 0.2) is 17.6 Å². The SMILES string of the molecule is CC(C)C=Cc1c(O)cc(C=Cc2ccc(O)c(O)c2)cc1O[C@@H]1OC(C(=O)O)[C@@H](O)[C@H](O)C1O. The summed E-state index contributed by atoms with van der Waals surface area (Å²) < 4.78 is 10.9. The van der Waals surface area contributed by atoms with Gasteiger partial charge in [0.25, 0.3) is 0 Å². The molecule has 0 radical (unpaired) electrons. The van der Waals surface area contributed by atoms with E-state index in [1.807, 2.05) is 13.8 Å². The summed E-state index contributed by atoms with van der Waals surface area (Å²) in [5.41, 5.74) is 1.22. The Morgan fingerprint density at radius 1 is 0.886 bits per heavy atom. The molecule has 1 heterocycles. The summed E-state index contributed by atoms with van der Waals surface area (Å²) in [6.45, 7) is 3.84. The van der Waals surface area contributed by atoms with Gasteiger partial charge in [0, 0.05) is 0 Å². The predicted molar refractivity (Wildman–Crippen MR) is 126 cm³/mol. The lowest BCUT2D eigenvalue weighted by Crippen LogP contribution is -2.61. The van der Waals surface area contributed by atoms with Crippen LogP contribution < -0.4 is 4.74 Å². The molecule has 35 heavy (non-hydrogen) atoms. The van der Waals surface area contributed by atoms with Gasteiger partial charge in [0.2, 0.25) is 6.29 Å². The molecule has 0 bridgehead atoms. The van der Waals surface area contributed by atoms with Gasteiger partial charge in [-0.1, -0.05) is 44.2 Å². The second-order valence-corrected chi connectivity index (χ2v) is 8.49. The third-order valence-electron chi connectivity index (χ3n) is 5.31. The smallest absolute Gasteiger partial charge is 0.335 e. The van der Waals surface area contributed by atoms with Crippen LogP contribution in [0.15, 0.2) is 36.4 Å². The fourth-order valence-electron chi connectivity index (χ4n) is 3.39. The Hall–Kier alpha value is -3.57. The molecule has 1 fully saturated rings. The molecular weight excluding hydrogens is 460 g/mol. The third-order valence-corrected chi connectivity index (χ3v) is 5.31. The van der Waals surface area contributed by atoms with Crippen LogP contribution in [0.4, 0.5) is 0 Å². The zero-order chi connectivity index (χ0) is 25.9. The van der Waals surface area contributed by atoms with Crippen LogP contribution in [0.5, 0.6) is 23.0 Å². The van der Waals surface area contributed by atoms with E-state index in [-0.39, 0.29) is 34.5 Å². The lowest BCUT2D eigenvalue weighted by Gasteiger charge is -2.38. The van der Waals surface area contributed by atoms with Crippen molar-refractivity contribution in [3.8, 4) is 23.0 Å². The molecule has 1 aliphatic rings. The van der Waals surface area contributed by atoms with Crippen molar-refractivity contribution in [2.24, 2.45) is 5.92 Å². The molecule has 0 spiro atoms. The predicted octanol–water partition coefficient (Wildman–Crippen LogP) is 1.91. The van der Waals surface area contributed by atoms with Crippen LogP contribution in [-0.4, -0.2) is 72.4 Å². The van der Waals surface area contributed by atoms with E-state index >= 15 is 0 Å². The molecule has 10 heteroatoms. The topological polar surface area (TPSA) is 177 Å². The number of hydrogen-bond donors (Lipinski definition) is 7. The number of aliphatic carboxylic acids is 1. The molecule has 2 unspecified atom stereocenters. The van der Waals surface area contributed by atoms with Crippen LogP contribution in [0.25, 0.3) is 18.2 Å². The Bertz CT molecular complexity index is 1120. The first-order valence-electron chi connectivity index (χ1n) is 10.8. The van der Waals surface area contributed by atoms with Crippen molar-refractivity contribution in [1.82, 2.24) is 0 Å². The van der Waals surface area contributed by atoms with E-state index in [2.05, 4.69) is 0 Å². The number of aliphatic hydroxyl groups excluding tert-OH is 3. The van der Waals surface area contributed by atoms with Gasteiger partial charge < -0.3 is 45.2 Å². The Labute approximate surface area is 201 Å². The Morgan fingerprint density at radius 3 is 2.17 bits per heavy atom. The number of aromatic hydroxyl groups is 3. The number of rotatable bonds is 7. The maximum absolute atomic E-state index is 11.4. The molecule has 188 valence electrons. The van der Waals surface area contributed by atoms with Crippen molar-refractivity contribution in [3.05, 3.63) is 53.1 Å². The molecule has 5 atom stereocenters. The Balaban J connectivity index is 1.98. The quantitative estimate of drug-likeness (QED) is 0.225. The number of carbonyl (C=O) groups is 1. The van der Waals surface area contributed by atoms with E-state index in [1.165, 1.54) is 24.3 Å². The maximum atomic E-state index is 11.4. The maximum Gasteiger partial charge on any atom is 0.335 e. The van der Waals surface area contributed by atoms with Crippen LogP contribution in [-0.2, 0) is 9.53 Å². The number of ether oxygens (including phenoxy) is 2. The van der Waals surface area contributed by atoms with Crippen molar-refractivity contribution < 1.29 is 50.0 Å². The standard InChI is InChI=1S/C25H28O10/c1-12(2)3-7-15-17(27)10-14(5-4-13-6-8-16(26)18(28)9-13)11-19(15)34-25-22(31)20(29)21(30)23(35-25)24(32)33/h3-12,20-23,25-31H,1-2H3,(H,32,33)/t20-,21-,22?,23?,25+/m0/s1. The monoisotopic (exact) mass is 488 g/mol. The van der Waals surface area contributed by atoms with E-state index in [9.17, 15) is 40.5 Å². The molecule has 2 aromatic carbocycles. The van der Waals surface area contributed by atoms with Crippen molar-refractivity contribution in [2.75, 3.05) is 0 Å². The lowest BCUT2D eigenvalue weighted by atomic mass is 9.99. The number of phenols is 3. The molecule has 2 aromatic rings. The van der Waals surface area contributed by atoms with Gasteiger partial charge in [-0.15, -0.1) is 0 Å². The van der Waals surface area contributed by atoms with Crippen LogP contribution in [0.1, 0.15) is 30.5 Å². The summed E-state index contributed by atoms with van der Waals surface area (Å²) in [6.07, 6.45) is -2.41. The fraction of sp³-hybridized carbons (Fsp3) is 0.320. The van der Waals surface area contributed by atoms with E-state index in [4.69, 9.17) is 9.47 Å². The summed E-state index contributed by atoms with van der Waals surface area (Å²) in [6, 6.07) is 7.17. The van der Waals surface area contributed by atoms with Gasteiger partial charge in [-0.25, -0.2) is 4.79 Å². The highest BCUT2D eigenvalue weighted by atomic mass is 16.7. The summed E-state index contributed by atoms with van der Waals surface area (Å²) in [7, 11) is 0. The Morgan fingerprint density at radius 2 is 1.54 bits per heavy atom. The average Bonchev–Trinajstić information content (AvgIpc) is 2.79. The minimum atomic E-state index is -1.87. The molecule has 10 nitrogen and oxygen atoms in total. The molecule has 1 aliphatic heterocycles. The second-order valence-electron chi connectivity index (χ2n) is 8.49.